The Kier molecular flexibility index (Phi) is 7.70. The van der Waals surface area contributed by atoms with Crippen LogP contribution in [0.3, 0.4) is 0 Å². The second-order valence-electron chi connectivity index (χ2n) is 2.53. The van der Waals surface area contributed by atoms with Gasteiger partial charge in [0.25, 0.3) is 0 Å². The normalized spacial score (nSPS) is 10.5. The zero-order chi connectivity index (χ0) is 9.23. The first-order chi connectivity index (χ1) is 5.81. The highest BCUT2D eigenvalue weighted by Crippen LogP contribution is 1.95. The molecule has 0 radical (unpaired) electrons. The van der Waals surface area contributed by atoms with Crippen LogP contribution in [-0.2, 0) is 4.79 Å². The third-order valence-corrected chi connectivity index (χ3v) is 1.44. The van der Waals surface area contributed by atoms with Gasteiger partial charge in [0.15, 0.2) is 0 Å². The van der Waals surface area contributed by atoms with Crippen molar-refractivity contribution < 1.29 is 9.90 Å². The number of aliphatic hydroxyl groups is 1. The largest absolute Gasteiger partial charge is 0.395 e. The van der Waals surface area contributed by atoms with E-state index < -0.39 is 0 Å². The molecule has 0 atom stereocenters. The number of amides is 1. The van der Waals surface area contributed by atoms with Crippen molar-refractivity contribution in [3.8, 4) is 0 Å². The van der Waals surface area contributed by atoms with Crippen molar-refractivity contribution in [2.45, 2.75) is 26.2 Å². The van der Waals surface area contributed by atoms with Gasteiger partial charge in [0.05, 0.1) is 6.61 Å². The second kappa shape index (κ2) is 8.27. The molecule has 0 aliphatic rings. The van der Waals surface area contributed by atoms with Crippen LogP contribution < -0.4 is 5.32 Å². The van der Waals surface area contributed by atoms with Crippen LogP contribution >= 0.6 is 0 Å². The standard InChI is InChI=1S/C9H17NO2/c1-2-3-4-5-6-9(12)10-7-8-11/h2-3,11H,4-8H2,1H3,(H,10,12)/b3-2-. The van der Waals surface area contributed by atoms with E-state index in [9.17, 15) is 4.79 Å². The zero-order valence-corrected chi connectivity index (χ0v) is 7.55. The molecule has 3 heteroatoms. The molecule has 0 unspecified atom stereocenters. The van der Waals surface area contributed by atoms with Crippen LogP contribution in [0.2, 0.25) is 0 Å². The predicted octanol–water partition coefficient (Wildman–Crippen LogP) is 0.841. The van der Waals surface area contributed by atoms with E-state index in [1.54, 1.807) is 0 Å². The Morgan fingerprint density at radius 2 is 2.33 bits per heavy atom. The van der Waals surface area contributed by atoms with Crippen molar-refractivity contribution in [1.29, 1.82) is 0 Å². The maximum absolute atomic E-state index is 10.9. The minimum Gasteiger partial charge on any atom is -0.395 e. The van der Waals surface area contributed by atoms with E-state index >= 15 is 0 Å². The zero-order valence-electron chi connectivity index (χ0n) is 7.55. The Hall–Kier alpha value is -0.830. The van der Waals surface area contributed by atoms with Crippen LogP contribution in [0.25, 0.3) is 0 Å². The molecular weight excluding hydrogens is 154 g/mol. The minimum atomic E-state index is 0.0145. The van der Waals surface area contributed by atoms with Crippen LogP contribution in [0.4, 0.5) is 0 Å². The summed E-state index contributed by atoms with van der Waals surface area (Å²) in [5.41, 5.74) is 0. The van der Waals surface area contributed by atoms with Crippen LogP contribution in [-0.4, -0.2) is 24.2 Å². The average molecular weight is 171 g/mol. The van der Waals surface area contributed by atoms with Gasteiger partial charge in [0.1, 0.15) is 0 Å². The van der Waals surface area contributed by atoms with Gasteiger partial charge in [-0.05, 0) is 19.8 Å². The van der Waals surface area contributed by atoms with Crippen LogP contribution in [0.1, 0.15) is 26.2 Å². The topological polar surface area (TPSA) is 49.3 Å². The minimum absolute atomic E-state index is 0.0145. The number of carbonyl (C=O) groups excluding carboxylic acids is 1. The Balaban J connectivity index is 3.19. The van der Waals surface area contributed by atoms with E-state index in [-0.39, 0.29) is 12.5 Å². The number of allylic oxidation sites excluding steroid dienone is 2. The molecule has 0 heterocycles. The molecule has 0 aromatic carbocycles. The molecule has 12 heavy (non-hydrogen) atoms. The smallest absolute Gasteiger partial charge is 0.220 e. The second-order valence-corrected chi connectivity index (χ2v) is 2.53. The van der Waals surface area contributed by atoms with E-state index in [4.69, 9.17) is 5.11 Å². The van der Waals surface area contributed by atoms with E-state index in [0.29, 0.717) is 13.0 Å². The summed E-state index contributed by atoms with van der Waals surface area (Å²) in [6.45, 7) is 2.34. The lowest BCUT2D eigenvalue weighted by atomic mass is 10.2. The maximum atomic E-state index is 10.9. The number of carbonyl (C=O) groups is 1. The first-order valence-electron chi connectivity index (χ1n) is 4.30. The summed E-state index contributed by atoms with van der Waals surface area (Å²) in [5, 5.41) is 11.0. The van der Waals surface area contributed by atoms with Crippen molar-refractivity contribution in [2.75, 3.05) is 13.2 Å². The average Bonchev–Trinajstić information content (AvgIpc) is 2.09. The number of nitrogens with one attached hydrogen (secondary N) is 1. The molecule has 0 aromatic rings. The van der Waals surface area contributed by atoms with Gasteiger partial charge < -0.3 is 10.4 Å². The Labute approximate surface area is 73.5 Å². The lowest BCUT2D eigenvalue weighted by molar-refractivity contribution is -0.121. The summed E-state index contributed by atoms with van der Waals surface area (Å²) < 4.78 is 0. The third-order valence-electron chi connectivity index (χ3n) is 1.44. The number of hydrogen-bond acceptors (Lipinski definition) is 2. The molecule has 0 spiro atoms. The van der Waals surface area contributed by atoms with Crippen LogP contribution in [0.5, 0.6) is 0 Å². The van der Waals surface area contributed by atoms with Gasteiger partial charge in [-0.25, -0.2) is 0 Å². The molecule has 0 saturated carbocycles. The van der Waals surface area contributed by atoms with Gasteiger partial charge in [-0.15, -0.1) is 0 Å². The lowest BCUT2D eigenvalue weighted by Crippen LogP contribution is -2.25. The molecule has 0 fully saturated rings. The Morgan fingerprint density at radius 1 is 1.58 bits per heavy atom. The number of hydrogen-bond donors (Lipinski definition) is 2. The molecule has 3 nitrogen and oxygen atoms in total. The van der Waals surface area contributed by atoms with Crippen LogP contribution in [0.15, 0.2) is 12.2 Å². The number of aliphatic hydroxyl groups excluding tert-OH is 1. The van der Waals surface area contributed by atoms with Crippen molar-refractivity contribution in [1.82, 2.24) is 5.32 Å². The molecule has 0 aromatic heterocycles. The van der Waals surface area contributed by atoms with Gasteiger partial charge in [-0.1, -0.05) is 12.2 Å². The first-order valence-corrected chi connectivity index (χ1v) is 4.30. The van der Waals surface area contributed by atoms with Gasteiger partial charge in [0, 0.05) is 13.0 Å². The summed E-state index contributed by atoms with van der Waals surface area (Å²) >= 11 is 0. The first kappa shape index (κ1) is 11.2. The van der Waals surface area contributed by atoms with E-state index in [2.05, 4.69) is 5.32 Å². The van der Waals surface area contributed by atoms with E-state index in [0.717, 1.165) is 12.8 Å². The lowest BCUT2D eigenvalue weighted by Gasteiger charge is -2.00. The van der Waals surface area contributed by atoms with Crippen molar-refractivity contribution in [2.24, 2.45) is 0 Å². The van der Waals surface area contributed by atoms with Gasteiger partial charge in [-0.3, -0.25) is 4.79 Å². The third kappa shape index (κ3) is 7.28. The summed E-state index contributed by atoms with van der Waals surface area (Å²) in [6.07, 6.45) is 6.39. The van der Waals surface area contributed by atoms with Gasteiger partial charge >= 0.3 is 0 Å². The number of rotatable bonds is 6. The summed E-state index contributed by atoms with van der Waals surface area (Å²) in [5.74, 6) is 0.0218. The highest BCUT2D eigenvalue weighted by Gasteiger charge is 1.97. The molecule has 70 valence electrons. The maximum Gasteiger partial charge on any atom is 0.220 e. The fraction of sp³-hybridized carbons (Fsp3) is 0.667. The van der Waals surface area contributed by atoms with Crippen molar-refractivity contribution in [3.63, 3.8) is 0 Å². The highest BCUT2D eigenvalue weighted by molar-refractivity contribution is 5.75. The van der Waals surface area contributed by atoms with E-state index in [1.807, 2.05) is 19.1 Å². The Bertz CT molecular complexity index is 143. The summed E-state index contributed by atoms with van der Waals surface area (Å²) in [4.78, 5) is 10.9. The molecule has 0 aliphatic heterocycles. The number of unbranched alkanes of at least 4 members (excludes halogenated alkanes) is 1. The summed E-state index contributed by atoms with van der Waals surface area (Å²) in [6, 6.07) is 0. The van der Waals surface area contributed by atoms with E-state index in [1.165, 1.54) is 0 Å². The van der Waals surface area contributed by atoms with Crippen molar-refractivity contribution in [3.05, 3.63) is 12.2 Å². The van der Waals surface area contributed by atoms with Crippen LogP contribution in [0, 0.1) is 0 Å². The summed E-state index contributed by atoms with van der Waals surface area (Å²) in [7, 11) is 0. The predicted molar refractivity (Wildman–Crippen MR) is 48.8 cm³/mol. The molecular formula is C9H17NO2. The Morgan fingerprint density at radius 3 is 2.92 bits per heavy atom. The fourth-order valence-corrected chi connectivity index (χ4v) is 0.831. The monoisotopic (exact) mass is 171 g/mol. The molecule has 0 saturated heterocycles. The van der Waals surface area contributed by atoms with Gasteiger partial charge in [-0.2, -0.15) is 0 Å². The SMILES string of the molecule is C/C=C\CCCC(=O)NCCO. The molecule has 0 aliphatic carbocycles. The van der Waals surface area contributed by atoms with Gasteiger partial charge in [0.2, 0.25) is 5.91 Å². The van der Waals surface area contributed by atoms with Crippen molar-refractivity contribution >= 4 is 5.91 Å². The molecule has 1 amide bonds. The molecule has 2 N–H and O–H groups in total. The molecule has 0 rings (SSSR count). The molecule has 0 bridgehead atoms. The fourth-order valence-electron chi connectivity index (χ4n) is 0.831. The highest BCUT2D eigenvalue weighted by atomic mass is 16.3. The quantitative estimate of drug-likeness (QED) is 0.459.